The maximum atomic E-state index is 6.01. The minimum absolute atomic E-state index is 0.0802. The minimum Gasteiger partial charge on any atom is -0.399 e. The fraction of sp³-hybridized carbons (Fsp3) is 0.368. The largest absolute Gasteiger partial charge is 0.399 e. The molecule has 1 atom stereocenters. The van der Waals surface area contributed by atoms with Gasteiger partial charge in [-0.2, -0.15) is 0 Å². The first kappa shape index (κ1) is 16.2. The zero-order chi connectivity index (χ0) is 16.6. The molecule has 0 aliphatic carbocycles. The van der Waals surface area contributed by atoms with E-state index in [4.69, 9.17) is 12.9 Å². The van der Waals surface area contributed by atoms with Crippen molar-refractivity contribution in [3.8, 4) is 0 Å². The highest BCUT2D eigenvalue weighted by atomic mass is 31.1. The van der Waals surface area contributed by atoms with Crippen LogP contribution in [-0.2, 0) is 5.41 Å². The molecular formula is C19H23O3P. The molecule has 0 spiro atoms. The van der Waals surface area contributed by atoms with Crippen LogP contribution in [0.15, 0.2) is 44.8 Å². The van der Waals surface area contributed by atoms with Gasteiger partial charge in [0, 0.05) is 10.8 Å². The van der Waals surface area contributed by atoms with Crippen LogP contribution in [0.3, 0.4) is 0 Å². The van der Waals surface area contributed by atoms with Crippen LogP contribution in [0.25, 0.3) is 21.9 Å². The molecule has 0 aliphatic rings. The van der Waals surface area contributed by atoms with Gasteiger partial charge in [0.05, 0.1) is 6.61 Å². The summed E-state index contributed by atoms with van der Waals surface area (Å²) in [4.78, 5) is 0. The highest BCUT2D eigenvalue weighted by Gasteiger charge is 2.16. The van der Waals surface area contributed by atoms with Gasteiger partial charge in [-0.25, -0.2) is 0 Å². The Hall–Kier alpha value is -1.70. The van der Waals surface area contributed by atoms with Crippen molar-refractivity contribution in [3.05, 3.63) is 47.5 Å². The zero-order valence-corrected chi connectivity index (χ0v) is 15.2. The monoisotopic (exact) mass is 330 g/mol. The van der Waals surface area contributed by atoms with Gasteiger partial charge in [0.25, 0.3) is 0 Å². The van der Waals surface area contributed by atoms with Gasteiger partial charge < -0.3 is 8.39 Å². The Morgan fingerprint density at radius 3 is 2.17 bits per heavy atom. The van der Waals surface area contributed by atoms with E-state index in [-0.39, 0.29) is 5.41 Å². The molecule has 2 aromatic carbocycles. The van der Waals surface area contributed by atoms with Crippen LogP contribution >= 0.6 is 8.24 Å². The van der Waals surface area contributed by atoms with E-state index in [0.717, 1.165) is 21.9 Å². The molecule has 0 fully saturated rings. The molecule has 1 heterocycles. The molecule has 23 heavy (non-hydrogen) atoms. The molecule has 122 valence electrons. The van der Waals surface area contributed by atoms with Crippen LogP contribution in [0.2, 0.25) is 0 Å². The second-order valence-corrected chi connectivity index (χ2v) is 7.86. The predicted molar refractivity (Wildman–Crippen MR) is 96.9 cm³/mol. The molecule has 1 unspecified atom stereocenters. The topological polar surface area (TPSA) is 35.5 Å². The smallest absolute Gasteiger partial charge is 0.387 e. The number of rotatable bonds is 2. The van der Waals surface area contributed by atoms with E-state index >= 15 is 0 Å². The van der Waals surface area contributed by atoms with E-state index in [1.54, 1.807) is 0 Å². The Balaban J connectivity index is 2.45. The van der Waals surface area contributed by atoms with E-state index in [0.29, 0.717) is 6.61 Å². The van der Waals surface area contributed by atoms with Crippen LogP contribution in [0.4, 0.5) is 0 Å². The highest BCUT2D eigenvalue weighted by molar-refractivity contribution is 7.31. The Labute approximate surface area is 137 Å². The number of hydrogen-bond acceptors (Lipinski definition) is 3. The summed E-state index contributed by atoms with van der Waals surface area (Å²) >= 11 is 0. The Kier molecular flexibility index (Phi) is 4.27. The van der Waals surface area contributed by atoms with E-state index in [9.17, 15) is 0 Å². The Morgan fingerprint density at radius 2 is 1.57 bits per heavy atom. The molecule has 4 heteroatoms. The number of benzene rings is 2. The number of fused-ring (bicyclic) bond motifs is 3. The summed E-state index contributed by atoms with van der Waals surface area (Å²) in [6, 6.07) is 12.6. The van der Waals surface area contributed by atoms with Crippen molar-refractivity contribution in [2.24, 2.45) is 0 Å². The van der Waals surface area contributed by atoms with Crippen molar-refractivity contribution in [2.45, 2.75) is 40.0 Å². The van der Waals surface area contributed by atoms with Crippen LogP contribution < -0.4 is 4.52 Å². The van der Waals surface area contributed by atoms with Gasteiger partial charge in [0.15, 0.2) is 0 Å². The summed E-state index contributed by atoms with van der Waals surface area (Å²) in [7, 11) is -1.42. The third-order valence-corrected chi connectivity index (χ3v) is 5.01. The predicted octanol–water partition coefficient (Wildman–Crippen LogP) is 6.34. The third kappa shape index (κ3) is 3.31. The van der Waals surface area contributed by atoms with Crippen LogP contribution in [0.1, 0.15) is 38.8 Å². The molecular weight excluding hydrogens is 307 g/mol. The maximum Gasteiger partial charge on any atom is 0.387 e. The van der Waals surface area contributed by atoms with E-state index in [1.807, 2.05) is 19.1 Å². The fourth-order valence-corrected chi connectivity index (χ4v) is 3.55. The standard InChI is InChI=1S/C19H23O3P/c1-6-20-23-21-17-9-7-13(2)11-15(17)16-12-14(19(3,4)5)8-10-18(16)22-23/h7-12H,6H2,1-5H3. The lowest BCUT2D eigenvalue weighted by atomic mass is 9.86. The van der Waals surface area contributed by atoms with E-state index in [2.05, 4.69) is 52.0 Å². The van der Waals surface area contributed by atoms with Gasteiger partial charge >= 0.3 is 8.24 Å². The lowest BCUT2D eigenvalue weighted by Gasteiger charge is -2.19. The Bertz CT molecular complexity index is 889. The number of hydrogen-bond donors (Lipinski definition) is 0. The van der Waals surface area contributed by atoms with Crippen molar-refractivity contribution < 1.29 is 12.9 Å². The van der Waals surface area contributed by atoms with Crippen molar-refractivity contribution >= 4 is 30.2 Å². The van der Waals surface area contributed by atoms with Gasteiger partial charge in [-0.15, -0.1) is 0 Å². The van der Waals surface area contributed by atoms with Gasteiger partial charge in [-0.1, -0.05) is 38.5 Å². The lowest BCUT2D eigenvalue weighted by molar-refractivity contribution is 0.394. The van der Waals surface area contributed by atoms with Crippen molar-refractivity contribution in [1.82, 2.24) is 0 Å². The molecule has 0 saturated carbocycles. The van der Waals surface area contributed by atoms with Gasteiger partial charge in [0.1, 0.15) is 11.2 Å². The minimum atomic E-state index is -1.42. The zero-order valence-electron chi connectivity index (χ0n) is 14.3. The molecule has 0 saturated heterocycles. The molecule has 0 amide bonds. The molecule has 1 aromatic heterocycles. The summed E-state index contributed by atoms with van der Waals surface area (Å²) in [5, 5.41) is 2.14. The second kappa shape index (κ2) is 6.07. The number of aryl methyl sites for hydroxylation is 1. The van der Waals surface area contributed by atoms with Crippen molar-refractivity contribution in [2.75, 3.05) is 6.61 Å². The lowest BCUT2D eigenvalue weighted by Crippen LogP contribution is -2.10. The van der Waals surface area contributed by atoms with Crippen LogP contribution in [0.5, 0.6) is 0 Å². The van der Waals surface area contributed by atoms with E-state index < -0.39 is 8.24 Å². The van der Waals surface area contributed by atoms with Gasteiger partial charge in [-0.05, 0) is 49.1 Å². The van der Waals surface area contributed by atoms with Crippen molar-refractivity contribution in [3.63, 3.8) is 0 Å². The summed E-state index contributed by atoms with van der Waals surface area (Å²) < 4.78 is 17.6. The Morgan fingerprint density at radius 1 is 0.957 bits per heavy atom. The first-order valence-corrected chi connectivity index (χ1v) is 9.02. The third-order valence-electron chi connectivity index (χ3n) is 3.85. The first-order valence-electron chi connectivity index (χ1n) is 7.93. The first-order chi connectivity index (χ1) is 10.9. The normalized spacial score (nSPS) is 12.8. The summed E-state index contributed by atoms with van der Waals surface area (Å²) in [5.74, 6) is 0. The van der Waals surface area contributed by atoms with Crippen molar-refractivity contribution in [1.29, 1.82) is 0 Å². The van der Waals surface area contributed by atoms with Crippen LogP contribution in [0, 0.1) is 6.92 Å². The summed E-state index contributed by atoms with van der Waals surface area (Å²) in [6.07, 6.45) is 0. The SMILES string of the molecule is CCOp1oc2ccc(C)cc2c2cc(C(C)(C)C)ccc2o1. The molecule has 0 bridgehead atoms. The molecule has 0 radical (unpaired) electrons. The quantitative estimate of drug-likeness (QED) is 0.549. The average molecular weight is 330 g/mol. The maximum absolute atomic E-state index is 6.01. The van der Waals surface area contributed by atoms with Crippen LogP contribution in [-0.4, -0.2) is 6.61 Å². The fourth-order valence-electron chi connectivity index (χ4n) is 2.56. The van der Waals surface area contributed by atoms with Gasteiger partial charge in [-0.3, -0.25) is 4.52 Å². The summed E-state index contributed by atoms with van der Waals surface area (Å²) in [5.41, 5.74) is 4.19. The van der Waals surface area contributed by atoms with E-state index in [1.165, 1.54) is 11.1 Å². The molecule has 0 N–H and O–H groups in total. The molecule has 3 aromatic rings. The molecule has 0 aliphatic heterocycles. The average Bonchev–Trinajstić information content (AvgIpc) is 2.62. The van der Waals surface area contributed by atoms with Gasteiger partial charge in [0.2, 0.25) is 0 Å². The highest BCUT2D eigenvalue weighted by Crippen LogP contribution is 2.36. The summed E-state index contributed by atoms with van der Waals surface area (Å²) in [6.45, 7) is 11.2. The molecule has 3 nitrogen and oxygen atoms in total. The molecule has 3 rings (SSSR count). The second-order valence-electron chi connectivity index (χ2n) is 6.78.